The number of rotatable bonds is 4. The van der Waals surface area contributed by atoms with Gasteiger partial charge in [-0.3, -0.25) is 9.58 Å². The average molecular weight is 425 g/mol. The maximum Gasteiger partial charge on any atom is 0.205 e. The summed E-state index contributed by atoms with van der Waals surface area (Å²) < 4.78 is 7.51. The summed E-state index contributed by atoms with van der Waals surface area (Å²) in [6.45, 7) is 0. The average Bonchev–Trinajstić information content (AvgIpc) is 3.26. The van der Waals surface area contributed by atoms with E-state index in [1.54, 1.807) is 18.0 Å². The first-order valence-electron chi connectivity index (χ1n) is 10.1. The van der Waals surface area contributed by atoms with E-state index in [2.05, 4.69) is 10.1 Å². The second-order valence-electron chi connectivity index (χ2n) is 7.45. The Morgan fingerprint density at radius 2 is 1.81 bits per heavy atom. The summed E-state index contributed by atoms with van der Waals surface area (Å²) in [6.07, 6.45) is 9.39. The topological polar surface area (TPSA) is 97.9 Å². The zero-order valence-corrected chi connectivity index (χ0v) is 17.8. The van der Waals surface area contributed by atoms with Crippen molar-refractivity contribution in [1.29, 1.82) is 0 Å². The number of methoxy groups -OCH3 is 1. The normalized spacial score (nSPS) is 15.4. The van der Waals surface area contributed by atoms with Crippen LogP contribution in [-0.4, -0.2) is 22.8 Å². The van der Waals surface area contributed by atoms with Crippen LogP contribution in [0.25, 0.3) is 11.1 Å². The molecule has 2 aliphatic heterocycles. The van der Waals surface area contributed by atoms with Crippen LogP contribution in [-0.2, 0) is 7.05 Å². The fraction of sp³-hybridized carbons (Fsp3) is 0.0833. The molecule has 2 aliphatic rings. The number of hydrogen-bond acceptors (Lipinski definition) is 7. The lowest BCUT2D eigenvalue weighted by atomic mass is 10.0. The van der Waals surface area contributed by atoms with E-state index in [9.17, 15) is 0 Å². The van der Waals surface area contributed by atoms with Gasteiger partial charge in [-0.2, -0.15) is 5.10 Å². The van der Waals surface area contributed by atoms with E-state index in [-0.39, 0.29) is 0 Å². The minimum absolute atomic E-state index is 0.308. The molecule has 3 heterocycles. The number of allylic oxidation sites excluding steroid dienone is 1. The second-order valence-corrected chi connectivity index (χ2v) is 7.45. The number of guanidine groups is 1. The van der Waals surface area contributed by atoms with Gasteiger partial charge in [0.2, 0.25) is 5.96 Å². The lowest BCUT2D eigenvalue weighted by Gasteiger charge is -2.36. The fourth-order valence-corrected chi connectivity index (χ4v) is 3.90. The van der Waals surface area contributed by atoms with Crippen LogP contribution < -0.4 is 26.0 Å². The molecule has 0 unspecified atom stereocenters. The first-order chi connectivity index (χ1) is 15.6. The highest BCUT2D eigenvalue weighted by molar-refractivity contribution is 6.03. The molecule has 0 atom stereocenters. The molecule has 3 aromatic rings. The summed E-state index contributed by atoms with van der Waals surface area (Å²) in [5.41, 5.74) is 18.3. The number of aliphatic imine (C=N–C) groups is 1. The van der Waals surface area contributed by atoms with E-state index in [1.165, 1.54) is 0 Å². The summed E-state index contributed by atoms with van der Waals surface area (Å²) in [7, 11) is 3.52. The van der Waals surface area contributed by atoms with Gasteiger partial charge in [0, 0.05) is 42.5 Å². The highest BCUT2D eigenvalue weighted by atomic mass is 16.5. The lowest BCUT2D eigenvalue weighted by molar-refractivity contribution is 0.416. The monoisotopic (exact) mass is 425 g/mol. The largest absolute Gasteiger partial charge is 0.495 e. The van der Waals surface area contributed by atoms with Crippen molar-refractivity contribution in [3.8, 4) is 16.9 Å². The molecule has 32 heavy (non-hydrogen) atoms. The number of aryl methyl sites for hydroxylation is 1. The Kier molecular flexibility index (Phi) is 4.67. The molecule has 0 fully saturated rings. The molecule has 0 saturated heterocycles. The first-order valence-corrected chi connectivity index (χ1v) is 10.1. The standard InChI is InChI=1S/C24H23N7O/c1-29-15-18(14-28-29)16-8-9-20(21(12-16)32-2)31-22-17(13-27-24(31)26)10-11-30(23(22)25)19-6-4-3-5-7-19/h3-15H,25H2,1-2H3,(H2,26,27). The van der Waals surface area contributed by atoms with Gasteiger partial charge in [0.15, 0.2) is 0 Å². The van der Waals surface area contributed by atoms with Gasteiger partial charge in [-0.1, -0.05) is 24.3 Å². The van der Waals surface area contributed by atoms with E-state index in [0.717, 1.165) is 33.8 Å². The van der Waals surface area contributed by atoms with E-state index in [1.807, 2.05) is 90.0 Å². The van der Waals surface area contributed by atoms with E-state index < -0.39 is 0 Å². The zero-order valence-electron chi connectivity index (χ0n) is 17.8. The molecule has 0 spiro atoms. The van der Waals surface area contributed by atoms with E-state index in [0.29, 0.717) is 17.5 Å². The maximum absolute atomic E-state index is 6.68. The van der Waals surface area contributed by atoms with Crippen molar-refractivity contribution in [2.75, 3.05) is 16.9 Å². The molecule has 0 radical (unpaired) electrons. The van der Waals surface area contributed by atoms with Crippen LogP contribution in [0.2, 0.25) is 0 Å². The van der Waals surface area contributed by atoms with Crippen LogP contribution in [0.3, 0.4) is 0 Å². The summed E-state index contributed by atoms with van der Waals surface area (Å²) in [4.78, 5) is 8.15. The molecule has 0 aliphatic carbocycles. The molecule has 0 amide bonds. The number of benzene rings is 2. The highest BCUT2D eigenvalue weighted by Gasteiger charge is 2.31. The number of ether oxygens (including phenoxy) is 1. The van der Waals surface area contributed by atoms with Crippen LogP contribution in [0.1, 0.15) is 0 Å². The van der Waals surface area contributed by atoms with Crippen LogP contribution in [0, 0.1) is 0 Å². The molecule has 0 saturated carbocycles. The Bertz CT molecular complexity index is 1300. The van der Waals surface area contributed by atoms with Gasteiger partial charge in [0.05, 0.1) is 24.7 Å². The molecule has 2 aromatic carbocycles. The van der Waals surface area contributed by atoms with Crippen molar-refractivity contribution >= 4 is 17.3 Å². The number of nitrogens with zero attached hydrogens (tertiary/aromatic N) is 5. The fourth-order valence-electron chi connectivity index (χ4n) is 3.90. The van der Waals surface area contributed by atoms with Crippen molar-refractivity contribution in [3.63, 3.8) is 0 Å². The Hall–Kier alpha value is -4.46. The van der Waals surface area contributed by atoms with E-state index >= 15 is 0 Å². The molecule has 1 aromatic heterocycles. The minimum atomic E-state index is 0.308. The molecule has 0 bridgehead atoms. The molecular formula is C24H23N7O. The van der Waals surface area contributed by atoms with Crippen molar-refractivity contribution < 1.29 is 4.74 Å². The van der Waals surface area contributed by atoms with Crippen molar-refractivity contribution in [3.05, 3.63) is 96.5 Å². The van der Waals surface area contributed by atoms with Crippen LogP contribution in [0.15, 0.2) is 101 Å². The number of anilines is 2. The molecule has 8 heteroatoms. The van der Waals surface area contributed by atoms with Crippen LogP contribution in [0.4, 0.5) is 11.4 Å². The Morgan fingerprint density at radius 3 is 2.53 bits per heavy atom. The number of nitrogens with two attached hydrogens (primary N) is 2. The molecular weight excluding hydrogens is 402 g/mol. The summed E-state index contributed by atoms with van der Waals surface area (Å²) in [6, 6.07) is 15.8. The van der Waals surface area contributed by atoms with Gasteiger partial charge < -0.3 is 21.1 Å². The Morgan fingerprint density at radius 1 is 1.00 bits per heavy atom. The Balaban J connectivity index is 1.62. The van der Waals surface area contributed by atoms with Crippen molar-refractivity contribution in [2.45, 2.75) is 0 Å². The third-order valence-corrected chi connectivity index (χ3v) is 5.46. The van der Waals surface area contributed by atoms with Gasteiger partial charge >= 0.3 is 0 Å². The van der Waals surface area contributed by atoms with Crippen molar-refractivity contribution in [1.82, 2.24) is 9.78 Å². The predicted molar refractivity (Wildman–Crippen MR) is 127 cm³/mol. The SMILES string of the molecule is COc1cc(-c2cnn(C)c2)ccc1N1C(N)=NC=C2C=CN(c3ccccc3)C(N)=C21. The number of para-hydroxylation sites is 1. The summed E-state index contributed by atoms with van der Waals surface area (Å²) >= 11 is 0. The van der Waals surface area contributed by atoms with Gasteiger partial charge in [0.1, 0.15) is 11.6 Å². The maximum atomic E-state index is 6.68. The predicted octanol–water partition coefficient (Wildman–Crippen LogP) is 3.28. The minimum Gasteiger partial charge on any atom is -0.495 e. The van der Waals surface area contributed by atoms with Crippen LogP contribution >= 0.6 is 0 Å². The molecule has 8 nitrogen and oxygen atoms in total. The molecule has 5 rings (SSSR count). The number of fused-ring (bicyclic) bond motifs is 1. The Labute approximate surface area is 186 Å². The second kappa shape index (κ2) is 7.66. The van der Waals surface area contributed by atoms with Gasteiger partial charge in [-0.25, -0.2) is 4.99 Å². The quantitative estimate of drug-likeness (QED) is 0.666. The molecule has 160 valence electrons. The van der Waals surface area contributed by atoms with Crippen molar-refractivity contribution in [2.24, 2.45) is 23.5 Å². The first kappa shape index (κ1) is 19.5. The third kappa shape index (κ3) is 3.18. The highest BCUT2D eigenvalue weighted by Crippen LogP contribution is 2.40. The molecule has 4 N–H and O–H groups in total. The third-order valence-electron chi connectivity index (χ3n) is 5.46. The lowest BCUT2D eigenvalue weighted by Crippen LogP contribution is -2.43. The smallest absolute Gasteiger partial charge is 0.205 e. The summed E-state index contributed by atoms with van der Waals surface area (Å²) in [5, 5.41) is 4.26. The number of hydrogen-bond donors (Lipinski definition) is 2. The van der Waals surface area contributed by atoms with E-state index in [4.69, 9.17) is 16.2 Å². The van der Waals surface area contributed by atoms with Crippen LogP contribution in [0.5, 0.6) is 5.75 Å². The summed E-state index contributed by atoms with van der Waals surface area (Å²) in [5.74, 6) is 1.50. The van der Waals surface area contributed by atoms with Gasteiger partial charge in [-0.15, -0.1) is 0 Å². The van der Waals surface area contributed by atoms with Gasteiger partial charge in [-0.05, 0) is 35.9 Å². The number of aromatic nitrogens is 2. The zero-order chi connectivity index (χ0) is 22.2. The van der Waals surface area contributed by atoms with Gasteiger partial charge in [0.25, 0.3) is 0 Å².